The lowest BCUT2D eigenvalue weighted by molar-refractivity contribution is 0.386. The van der Waals surface area contributed by atoms with Gasteiger partial charge in [0, 0.05) is 17.6 Å². The molecule has 3 aromatic carbocycles. The molecule has 0 aliphatic carbocycles. The van der Waals surface area contributed by atoms with Crippen molar-refractivity contribution in [2.75, 3.05) is 23.7 Å². The van der Waals surface area contributed by atoms with Crippen LogP contribution in [0.4, 0.5) is 11.4 Å². The van der Waals surface area contributed by atoms with Crippen molar-refractivity contribution in [2.24, 2.45) is 0 Å². The van der Waals surface area contributed by atoms with Gasteiger partial charge in [0.25, 0.3) is 20.0 Å². The van der Waals surface area contributed by atoms with Crippen LogP contribution in [0.25, 0.3) is 10.9 Å². The van der Waals surface area contributed by atoms with Crippen LogP contribution in [0.2, 0.25) is 0 Å². The van der Waals surface area contributed by atoms with E-state index in [2.05, 4.69) is 14.4 Å². The zero-order valence-electron chi connectivity index (χ0n) is 18.2. The molecule has 0 unspecified atom stereocenters. The van der Waals surface area contributed by atoms with E-state index in [0.717, 1.165) is 0 Å². The van der Waals surface area contributed by atoms with Gasteiger partial charge < -0.3 is 9.47 Å². The van der Waals surface area contributed by atoms with E-state index < -0.39 is 20.0 Å². The Morgan fingerprint density at radius 1 is 0.706 bits per heavy atom. The number of aromatic nitrogens is 1. The maximum Gasteiger partial charge on any atom is 0.265 e. The number of nitrogens with one attached hydrogen (secondary N) is 2. The molecule has 0 amide bonds. The van der Waals surface area contributed by atoms with Crippen molar-refractivity contribution in [3.63, 3.8) is 0 Å². The molecule has 176 valence electrons. The number of fused-ring (bicyclic) bond motifs is 1. The van der Waals surface area contributed by atoms with Gasteiger partial charge in [-0.25, -0.2) is 16.8 Å². The number of hydrogen-bond donors (Lipinski definition) is 2. The number of methoxy groups -OCH3 is 2. The van der Waals surface area contributed by atoms with Gasteiger partial charge in [-0.15, -0.1) is 0 Å². The zero-order valence-corrected chi connectivity index (χ0v) is 19.9. The number of benzene rings is 3. The highest BCUT2D eigenvalue weighted by Gasteiger charge is 2.22. The fourth-order valence-electron chi connectivity index (χ4n) is 3.36. The van der Waals surface area contributed by atoms with Crippen LogP contribution in [0.5, 0.6) is 11.5 Å². The standard InChI is InChI=1S/C23H21N3O6S2/c1-31-19-11-12-21(20(15-19)32-2)33(27,28)25-17-8-4-9-18(14-17)26-34(29,30)22-10-3-6-16-7-5-13-24-23(16)22/h3-15,25-26H,1-2H3. The number of sulfonamides is 2. The van der Waals surface area contributed by atoms with Gasteiger partial charge in [0.1, 0.15) is 21.3 Å². The number of nitrogens with zero attached hydrogens (tertiary/aromatic N) is 1. The molecule has 0 saturated carbocycles. The van der Waals surface area contributed by atoms with Crippen LogP contribution in [0.1, 0.15) is 0 Å². The quantitative estimate of drug-likeness (QED) is 0.377. The van der Waals surface area contributed by atoms with Gasteiger partial charge in [-0.2, -0.15) is 0 Å². The molecular weight excluding hydrogens is 478 g/mol. The molecule has 0 bridgehead atoms. The minimum Gasteiger partial charge on any atom is -0.497 e. The van der Waals surface area contributed by atoms with Crippen molar-refractivity contribution in [2.45, 2.75) is 9.79 Å². The molecule has 0 spiro atoms. The molecule has 0 aliphatic heterocycles. The Balaban J connectivity index is 1.62. The number of pyridine rings is 1. The lowest BCUT2D eigenvalue weighted by atomic mass is 10.2. The summed E-state index contributed by atoms with van der Waals surface area (Å²) in [6.45, 7) is 0. The van der Waals surface area contributed by atoms with E-state index in [4.69, 9.17) is 9.47 Å². The molecule has 0 aliphatic rings. The Bertz CT molecular complexity index is 1570. The van der Waals surface area contributed by atoms with E-state index in [-0.39, 0.29) is 26.9 Å². The Morgan fingerprint density at radius 2 is 1.35 bits per heavy atom. The Hall–Kier alpha value is -3.83. The van der Waals surface area contributed by atoms with E-state index in [0.29, 0.717) is 16.7 Å². The van der Waals surface area contributed by atoms with Gasteiger partial charge in [-0.05, 0) is 42.5 Å². The molecule has 0 fully saturated rings. The average molecular weight is 500 g/mol. The summed E-state index contributed by atoms with van der Waals surface area (Å²) in [7, 11) is -5.22. The fourth-order valence-corrected chi connectivity index (χ4v) is 5.79. The van der Waals surface area contributed by atoms with Crippen LogP contribution >= 0.6 is 0 Å². The van der Waals surface area contributed by atoms with Gasteiger partial charge in [-0.3, -0.25) is 14.4 Å². The molecule has 2 N–H and O–H groups in total. The number of rotatable bonds is 8. The largest absolute Gasteiger partial charge is 0.497 e. The summed E-state index contributed by atoms with van der Waals surface area (Å²) in [5.74, 6) is 0.544. The summed E-state index contributed by atoms with van der Waals surface area (Å²) in [6, 6.07) is 18.6. The van der Waals surface area contributed by atoms with Crippen molar-refractivity contribution in [1.82, 2.24) is 4.98 Å². The van der Waals surface area contributed by atoms with Crippen LogP contribution in [-0.2, 0) is 20.0 Å². The van der Waals surface area contributed by atoms with E-state index in [1.165, 1.54) is 68.9 Å². The summed E-state index contributed by atoms with van der Waals surface area (Å²) < 4.78 is 67.3. The molecule has 4 aromatic rings. The lowest BCUT2D eigenvalue weighted by Crippen LogP contribution is -2.16. The molecule has 34 heavy (non-hydrogen) atoms. The summed E-state index contributed by atoms with van der Waals surface area (Å²) in [4.78, 5) is 4.11. The molecule has 4 rings (SSSR count). The molecule has 9 nitrogen and oxygen atoms in total. The predicted molar refractivity (Wildman–Crippen MR) is 129 cm³/mol. The van der Waals surface area contributed by atoms with Crippen LogP contribution in [-0.4, -0.2) is 36.0 Å². The average Bonchev–Trinajstić information content (AvgIpc) is 2.82. The molecule has 0 atom stereocenters. The highest BCUT2D eigenvalue weighted by Crippen LogP contribution is 2.30. The zero-order chi connectivity index (χ0) is 24.3. The van der Waals surface area contributed by atoms with E-state index in [1.54, 1.807) is 24.3 Å². The van der Waals surface area contributed by atoms with Gasteiger partial charge in [0.15, 0.2) is 0 Å². The van der Waals surface area contributed by atoms with Gasteiger partial charge in [0.05, 0.1) is 31.1 Å². The predicted octanol–water partition coefficient (Wildman–Crippen LogP) is 3.85. The topological polar surface area (TPSA) is 124 Å². The second-order valence-electron chi connectivity index (χ2n) is 7.14. The first kappa shape index (κ1) is 23.3. The summed E-state index contributed by atoms with van der Waals surface area (Å²) in [5, 5.41) is 0.681. The Morgan fingerprint density at radius 3 is 2.03 bits per heavy atom. The second kappa shape index (κ2) is 9.20. The van der Waals surface area contributed by atoms with Crippen molar-refractivity contribution in [3.05, 3.63) is 79.0 Å². The monoisotopic (exact) mass is 499 g/mol. The van der Waals surface area contributed by atoms with Crippen LogP contribution in [0, 0.1) is 0 Å². The van der Waals surface area contributed by atoms with Crippen molar-refractivity contribution in [3.8, 4) is 11.5 Å². The SMILES string of the molecule is COc1ccc(S(=O)(=O)Nc2cccc(NS(=O)(=O)c3cccc4cccnc34)c2)c(OC)c1. The Labute approximate surface area is 197 Å². The fraction of sp³-hybridized carbons (Fsp3) is 0.0870. The summed E-state index contributed by atoms with van der Waals surface area (Å²) in [5.41, 5.74) is 0.671. The van der Waals surface area contributed by atoms with Gasteiger partial charge in [0.2, 0.25) is 0 Å². The maximum atomic E-state index is 13.1. The minimum absolute atomic E-state index is 0.0135. The molecule has 0 radical (unpaired) electrons. The number of anilines is 2. The van der Waals surface area contributed by atoms with E-state index >= 15 is 0 Å². The van der Waals surface area contributed by atoms with Crippen molar-refractivity contribution >= 4 is 42.3 Å². The smallest absolute Gasteiger partial charge is 0.265 e. The normalized spacial score (nSPS) is 11.7. The number of para-hydroxylation sites is 1. The second-order valence-corrected chi connectivity index (χ2v) is 10.4. The molecule has 0 saturated heterocycles. The Kier molecular flexibility index (Phi) is 6.31. The molecular formula is C23H21N3O6S2. The third-order valence-electron chi connectivity index (χ3n) is 4.91. The third kappa shape index (κ3) is 4.75. The van der Waals surface area contributed by atoms with Crippen LogP contribution < -0.4 is 18.9 Å². The first-order valence-corrected chi connectivity index (χ1v) is 12.9. The highest BCUT2D eigenvalue weighted by atomic mass is 32.2. The van der Waals surface area contributed by atoms with Gasteiger partial charge >= 0.3 is 0 Å². The van der Waals surface area contributed by atoms with E-state index in [1.807, 2.05) is 0 Å². The maximum absolute atomic E-state index is 13.1. The number of ether oxygens (including phenoxy) is 2. The van der Waals surface area contributed by atoms with Crippen molar-refractivity contribution < 1.29 is 26.3 Å². The minimum atomic E-state index is -4.04. The van der Waals surface area contributed by atoms with Crippen LogP contribution in [0.3, 0.4) is 0 Å². The third-order valence-corrected chi connectivity index (χ3v) is 7.75. The van der Waals surface area contributed by atoms with E-state index in [9.17, 15) is 16.8 Å². The first-order chi connectivity index (χ1) is 16.2. The number of hydrogen-bond acceptors (Lipinski definition) is 7. The first-order valence-electron chi connectivity index (χ1n) is 9.95. The van der Waals surface area contributed by atoms with Crippen LogP contribution in [0.15, 0.2) is 88.8 Å². The van der Waals surface area contributed by atoms with Crippen molar-refractivity contribution in [1.29, 1.82) is 0 Å². The molecule has 1 heterocycles. The summed E-state index contributed by atoms with van der Waals surface area (Å²) in [6.07, 6.45) is 1.52. The highest BCUT2D eigenvalue weighted by molar-refractivity contribution is 7.93. The molecule has 1 aromatic heterocycles. The molecule has 11 heteroatoms. The lowest BCUT2D eigenvalue weighted by Gasteiger charge is -2.14. The van der Waals surface area contributed by atoms with Gasteiger partial charge in [-0.1, -0.05) is 24.3 Å². The summed E-state index contributed by atoms with van der Waals surface area (Å²) >= 11 is 0.